The molecule has 0 atom stereocenters. The van der Waals surface area contributed by atoms with Gasteiger partial charge in [-0.05, 0) is 30.4 Å². The van der Waals surface area contributed by atoms with Crippen molar-refractivity contribution in [1.29, 1.82) is 0 Å². The lowest BCUT2D eigenvalue weighted by Crippen LogP contribution is -2.31. The minimum atomic E-state index is -1.61. The average Bonchev–Trinajstić information content (AvgIpc) is 2.32. The molecular formula is C11H15BFNO3. The Morgan fingerprint density at radius 3 is 2.71 bits per heavy atom. The molecule has 4 nitrogen and oxygen atoms in total. The molecule has 17 heavy (non-hydrogen) atoms. The van der Waals surface area contributed by atoms with Gasteiger partial charge in [-0.1, -0.05) is 12.1 Å². The van der Waals surface area contributed by atoms with E-state index < -0.39 is 12.9 Å². The van der Waals surface area contributed by atoms with Crippen molar-refractivity contribution in [1.82, 2.24) is 4.90 Å². The Kier molecular flexibility index (Phi) is 5.12. The van der Waals surface area contributed by atoms with Gasteiger partial charge in [0.25, 0.3) is 0 Å². The fraction of sp³-hybridized carbons (Fsp3) is 0.364. The number of likely N-dealkylation sites (N-methyl/N-ethyl adjacent to an activating group) is 1. The molecule has 0 radical (unpaired) electrons. The molecule has 92 valence electrons. The number of hydrogen-bond donors (Lipinski definition) is 2. The summed E-state index contributed by atoms with van der Waals surface area (Å²) in [7, 11) is -1.61. The van der Waals surface area contributed by atoms with Gasteiger partial charge in [-0.3, -0.25) is 4.79 Å². The number of benzene rings is 1. The number of halogens is 1. The van der Waals surface area contributed by atoms with E-state index in [-0.39, 0.29) is 5.46 Å². The zero-order chi connectivity index (χ0) is 12.8. The van der Waals surface area contributed by atoms with Crippen molar-refractivity contribution in [2.45, 2.75) is 13.3 Å². The molecule has 2 N–H and O–H groups in total. The second kappa shape index (κ2) is 6.37. The van der Waals surface area contributed by atoms with Crippen LogP contribution < -0.4 is 5.46 Å². The van der Waals surface area contributed by atoms with Gasteiger partial charge in [0.05, 0.1) is 0 Å². The Labute approximate surface area is 99.8 Å². The first-order valence-electron chi connectivity index (χ1n) is 5.42. The SMILES string of the molecule is CCN(C=O)CCc1cc(B(O)O)ccc1F. The highest BCUT2D eigenvalue weighted by atomic mass is 19.1. The Balaban J connectivity index is 2.75. The molecule has 0 bridgehead atoms. The van der Waals surface area contributed by atoms with E-state index in [2.05, 4.69) is 0 Å². The molecule has 0 aliphatic heterocycles. The Morgan fingerprint density at radius 2 is 2.18 bits per heavy atom. The second-order valence-electron chi connectivity index (χ2n) is 3.71. The van der Waals surface area contributed by atoms with Crippen LogP contribution in [0.2, 0.25) is 0 Å². The van der Waals surface area contributed by atoms with Crippen LogP contribution in [0.25, 0.3) is 0 Å². The van der Waals surface area contributed by atoms with Crippen LogP contribution in [-0.4, -0.2) is 41.6 Å². The van der Waals surface area contributed by atoms with Crippen molar-refractivity contribution in [3.05, 3.63) is 29.6 Å². The van der Waals surface area contributed by atoms with Gasteiger partial charge in [-0.2, -0.15) is 0 Å². The van der Waals surface area contributed by atoms with E-state index in [1.807, 2.05) is 6.92 Å². The molecule has 0 unspecified atom stereocenters. The molecule has 0 spiro atoms. The molecule has 1 rings (SSSR count). The normalized spacial score (nSPS) is 10.1. The maximum absolute atomic E-state index is 13.4. The standard InChI is InChI=1S/C11H15BFNO3/c1-2-14(8-15)6-5-9-7-10(12(16)17)3-4-11(9)13/h3-4,7-8,16-17H,2,5-6H2,1H3. The molecule has 0 fully saturated rings. The van der Waals surface area contributed by atoms with Crippen molar-refractivity contribution in [2.24, 2.45) is 0 Å². The first-order valence-corrected chi connectivity index (χ1v) is 5.42. The molecule has 0 heterocycles. The summed E-state index contributed by atoms with van der Waals surface area (Å²) in [4.78, 5) is 12.1. The second-order valence-corrected chi connectivity index (χ2v) is 3.71. The quantitative estimate of drug-likeness (QED) is 0.521. The number of nitrogens with zero attached hydrogens (tertiary/aromatic N) is 1. The summed E-state index contributed by atoms with van der Waals surface area (Å²) in [6, 6.07) is 3.92. The molecule has 6 heteroatoms. The van der Waals surface area contributed by atoms with Crippen LogP contribution in [0, 0.1) is 5.82 Å². The number of carbonyl (C=O) groups excluding carboxylic acids is 1. The van der Waals surface area contributed by atoms with Gasteiger partial charge in [0, 0.05) is 13.1 Å². The lowest BCUT2D eigenvalue weighted by atomic mass is 9.79. The fourth-order valence-corrected chi connectivity index (χ4v) is 1.50. The van der Waals surface area contributed by atoms with Crippen molar-refractivity contribution >= 4 is 19.0 Å². The third-order valence-electron chi connectivity index (χ3n) is 2.59. The van der Waals surface area contributed by atoms with Gasteiger partial charge >= 0.3 is 7.12 Å². The van der Waals surface area contributed by atoms with Gasteiger partial charge in [0.1, 0.15) is 5.82 Å². The number of rotatable bonds is 6. The Bertz CT molecular complexity index is 387. The zero-order valence-electron chi connectivity index (χ0n) is 9.64. The Morgan fingerprint density at radius 1 is 1.47 bits per heavy atom. The topological polar surface area (TPSA) is 60.8 Å². The molecule has 0 aromatic heterocycles. The summed E-state index contributed by atoms with van der Waals surface area (Å²) in [5.74, 6) is -0.406. The molecule has 0 aliphatic rings. The van der Waals surface area contributed by atoms with E-state index in [4.69, 9.17) is 10.0 Å². The minimum Gasteiger partial charge on any atom is -0.423 e. The third kappa shape index (κ3) is 3.83. The molecule has 0 saturated heterocycles. The minimum absolute atomic E-state index is 0.246. The van der Waals surface area contributed by atoms with Crippen LogP contribution in [-0.2, 0) is 11.2 Å². The molecule has 1 amide bonds. The summed E-state index contributed by atoms with van der Waals surface area (Å²) in [6.45, 7) is 2.80. The largest absolute Gasteiger partial charge is 0.488 e. The lowest BCUT2D eigenvalue weighted by Gasteiger charge is -2.15. The summed E-state index contributed by atoms with van der Waals surface area (Å²) >= 11 is 0. The Hall–Kier alpha value is -1.40. The number of hydrogen-bond acceptors (Lipinski definition) is 3. The number of carbonyl (C=O) groups is 1. The van der Waals surface area contributed by atoms with E-state index in [1.165, 1.54) is 23.1 Å². The van der Waals surface area contributed by atoms with E-state index in [9.17, 15) is 9.18 Å². The van der Waals surface area contributed by atoms with Crippen molar-refractivity contribution in [2.75, 3.05) is 13.1 Å². The van der Waals surface area contributed by atoms with Crippen LogP contribution in [0.3, 0.4) is 0 Å². The van der Waals surface area contributed by atoms with Crippen LogP contribution in [0.4, 0.5) is 4.39 Å². The molecular weight excluding hydrogens is 224 g/mol. The average molecular weight is 239 g/mol. The molecule has 0 aliphatic carbocycles. The van der Waals surface area contributed by atoms with Crippen LogP contribution >= 0.6 is 0 Å². The van der Waals surface area contributed by atoms with Gasteiger partial charge in [-0.25, -0.2) is 4.39 Å². The third-order valence-corrected chi connectivity index (χ3v) is 2.59. The van der Waals surface area contributed by atoms with E-state index >= 15 is 0 Å². The molecule has 1 aromatic carbocycles. The first kappa shape index (κ1) is 13.7. The summed E-state index contributed by atoms with van der Waals surface area (Å²) in [6.07, 6.45) is 1.06. The summed E-state index contributed by atoms with van der Waals surface area (Å²) < 4.78 is 13.4. The van der Waals surface area contributed by atoms with Crippen molar-refractivity contribution < 1.29 is 19.2 Å². The maximum Gasteiger partial charge on any atom is 0.488 e. The highest BCUT2D eigenvalue weighted by Crippen LogP contribution is 2.06. The molecule has 0 saturated carbocycles. The van der Waals surface area contributed by atoms with Crippen LogP contribution in [0.1, 0.15) is 12.5 Å². The predicted molar refractivity (Wildman–Crippen MR) is 63.2 cm³/mol. The van der Waals surface area contributed by atoms with Gasteiger partial charge in [0.15, 0.2) is 0 Å². The lowest BCUT2D eigenvalue weighted by molar-refractivity contribution is -0.117. The van der Waals surface area contributed by atoms with Gasteiger partial charge in [-0.15, -0.1) is 0 Å². The fourth-order valence-electron chi connectivity index (χ4n) is 1.50. The summed E-state index contributed by atoms with van der Waals surface area (Å²) in [5, 5.41) is 18.0. The summed E-state index contributed by atoms with van der Waals surface area (Å²) in [5.41, 5.74) is 0.617. The first-order chi connectivity index (χ1) is 8.08. The highest BCUT2D eigenvalue weighted by Gasteiger charge is 2.13. The highest BCUT2D eigenvalue weighted by molar-refractivity contribution is 6.58. The van der Waals surface area contributed by atoms with Crippen molar-refractivity contribution in [3.8, 4) is 0 Å². The van der Waals surface area contributed by atoms with E-state index in [1.54, 1.807) is 0 Å². The number of amides is 1. The maximum atomic E-state index is 13.4. The van der Waals surface area contributed by atoms with Crippen LogP contribution in [0.15, 0.2) is 18.2 Å². The van der Waals surface area contributed by atoms with Crippen molar-refractivity contribution in [3.63, 3.8) is 0 Å². The van der Waals surface area contributed by atoms with E-state index in [0.717, 1.165) is 0 Å². The monoisotopic (exact) mass is 239 g/mol. The van der Waals surface area contributed by atoms with Crippen LogP contribution in [0.5, 0.6) is 0 Å². The predicted octanol–water partition coefficient (Wildman–Crippen LogP) is -0.474. The smallest absolute Gasteiger partial charge is 0.423 e. The van der Waals surface area contributed by atoms with E-state index in [0.29, 0.717) is 31.5 Å². The van der Waals surface area contributed by atoms with Gasteiger partial charge < -0.3 is 14.9 Å². The molecule has 1 aromatic rings. The zero-order valence-corrected chi connectivity index (χ0v) is 9.64. The van der Waals surface area contributed by atoms with Gasteiger partial charge in [0.2, 0.25) is 6.41 Å².